The van der Waals surface area contributed by atoms with Gasteiger partial charge in [-0.15, -0.1) is 0 Å². The highest BCUT2D eigenvalue weighted by Crippen LogP contribution is 2.12. The minimum absolute atomic E-state index is 0.145. The van der Waals surface area contributed by atoms with E-state index in [1.807, 2.05) is 47.6 Å². The predicted molar refractivity (Wildman–Crippen MR) is 83.2 cm³/mol. The van der Waals surface area contributed by atoms with Crippen LogP contribution in [0.3, 0.4) is 0 Å². The van der Waals surface area contributed by atoms with Gasteiger partial charge in [-0.05, 0) is 59.2 Å². The van der Waals surface area contributed by atoms with Crippen molar-refractivity contribution >= 4 is 11.9 Å². The van der Waals surface area contributed by atoms with Crippen LogP contribution in [0, 0.1) is 0 Å². The quantitative estimate of drug-likeness (QED) is 0.871. The molecule has 1 aromatic rings. The molecule has 0 atom stereocenters. The van der Waals surface area contributed by atoms with E-state index in [4.69, 9.17) is 4.74 Å². The normalized spacial score (nSPS) is 11.9. The molecule has 1 N–H and O–H groups in total. The highest BCUT2D eigenvalue weighted by Gasteiger charge is 2.18. The molecule has 0 fully saturated rings. The van der Waals surface area contributed by atoms with Crippen LogP contribution in [-0.4, -0.2) is 23.0 Å². The van der Waals surface area contributed by atoms with Crippen molar-refractivity contribution in [1.29, 1.82) is 0 Å². The average molecular weight is 291 g/mol. The molecular formula is C17H25NO3. The minimum Gasteiger partial charge on any atom is -0.460 e. The first-order valence-electron chi connectivity index (χ1n) is 7.09. The lowest BCUT2D eigenvalue weighted by Gasteiger charge is -2.21. The molecule has 116 valence electrons. The summed E-state index contributed by atoms with van der Waals surface area (Å²) in [6, 6.07) is 7.06. The molecule has 0 saturated heterocycles. The number of carbonyl (C=O) groups excluding carboxylic acids is 2. The summed E-state index contributed by atoms with van der Waals surface area (Å²) in [4.78, 5) is 23.9. The molecule has 1 amide bonds. The lowest BCUT2D eigenvalue weighted by molar-refractivity contribution is -0.153. The lowest BCUT2D eigenvalue weighted by atomic mass is 10.0. The topological polar surface area (TPSA) is 55.4 Å². The number of carbonyl (C=O) groups is 2. The van der Waals surface area contributed by atoms with E-state index < -0.39 is 5.60 Å². The Labute approximate surface area is 126 Å². The van der Waals surface area contributed by atoms with Gasteiger partial charge in [0.2, 0.25) is 0 Å². The van der Waals surface area contributed by atoms with Gasteiger partial charge in [-0.25, -0.2) is 0 Å². The summed E-state index contributed by atoms with van der Waals surface area (Å²) in [5, 5.41) is 2.90. The van der Waals surface area contributed by atoms with Crippen LogP contribution >= 0.6 is 0 Å². The van der Waals surface area contributed by atoms with Gasteiger partial charge in [0, 0.05) is 11.1 Å². The second-order valence-electron chi connectivity index (χ2n) is 7.17. The summed E-state index contributed by atoms with van der Waals surface area (Å²) in [7, 11) is 0. The van der Waals surface area contributed by atoms with Gasteiger partial charge in [-0.2, -0.15) is 0 Å². The number of esters is 1. The molecule has 1 rings (SSSR count). The molecular weight excluding hydrogens is 266 g/mol. The first-order chi connectivity index (χ1) is 9.46. The summed E-state index contributed by atoms with van der Waals surface area (Å²) in [6.45, 7) is 11.3. The summed E-state index contributed by atoms with van der Waals surface area (Å²) in [6.07, 6.45) is 0.161. The Kier molecular flexibility index (Phi) is 5.15. The fourth-order valence-electron chi connectivity index (χ4n) is 1.78. The molecule has 0 unspecified atom stereocenters. The number of amides is 1. The maximum atomic E-state index is 12.1. The van der Waals surface area contributed by atoms with Gasteiger partial charge in [0.15, 0.2) is 0 Å². The van der Waals surface area contributed by atoms with Crippen molar-refractivity contribution in [2.45, 2.75) is 59.1 Å². The zero-order valence-electron chi connectivity index (χ0n) is 13.7. The van der Waals surface area contributed by atoms with Gasteiger partial charge in [0.25, 0.3) is 5.91 Å². The SMILES string of the molecule is CC(C)(C)NC(=O)c1cccc(CC(=O)OC(C)(C)C)c1. The molecule has 0 aliphatic heterocycles. The molecule has 4 heteroatoms. The smallest absolute Gasteiger partial charge is 0.310 e. The Balaban J connectivity index is 2.77. The summed E-state index contributed by atoms with van der Waals surface area (Å²) in [5.74, 6) is -0.440. The van der Waals surface area contributed by atoms with E-state index in [-0.39, 0.29) is 23.8 Å². The zero-order valence-corrected chi connectivity index (χ0v) is 13.7. The number of hydrogen-bond donors (Lipinski definition) is 1. The monoisotopic (exact) mass is 291 g/mol. The van der Waals surface area contributed by atoms with Gasteiger partial charge < -0.3 is 10.1 Å². The van der Waals surface area contributed by atoms with Crippen LogP contribution in [0.1, 0.15) is 57.5 Å². The van der Waals surface area contributed by atoms with Crippen molar-refractivity contribution in [2.24, 2.45) is 0 Å². The van der Waals surface area contributed by atoms with Crippen molar-refractivity contribution < 1.29 is 14.3 Å². The lowest BCUT2D eigenvalue weighted by Crippen LogP contribution is -2.40. The first-order valence-corrected chi connectivity index (χ1v) is 7.09. The van der Waals surface area contributed by atoms with Crippen LogP contribution in [0.25, 0.3) is 0 Å². The summed E-state index contributed by atoms with van der Waals surface area (Å²) in [5.41, 5.74) is 0.521. The second kappa shape index (κ2) is 6.29. The van der Waals surface area contributed by atoms with Crippen LogP contribution in [-0.2, 0) is 16.0 Å². The molecule has 4 nitrogen and oxygen atoms in total. The number of rotatable bonds is 3. The third-order valence-electron chi connectivity index (χ3n) is 2.45. The van der Waals surface area contributed by atoms with Crippen LogP contribution in [0.15, 0.2) is 24.3 Å². The fraction of sp³-hybridized carbons (Fsp3) is 0.529. The third kappa shape index (κ3) is 6.93. The van der Waals surface area contributed by atoms with Crippen LogP contribution in [0.4, 0.5) is 0 Å². The molecule has 0 aliphatic carbocycles. The van der Waals surface area contributed by atoms with E-state index in [0.717, 1.165) is 5.56 Å². The number of hydrogen-bond acceptors (Lipinski definition) is 3. The second-order valence-corrected chi connectivity index (χ2v) is 7.17. The highest BCUT2D eigenvalue weighted by molar-refractivity contribution is 5.95. The van der Waals surface area contributed by atoms with Crippen molar-refractivity contribution in [3.63, 3.8) is 0 Å². The standard InChI is InChI=1S/C17H25NO3/c1-16(2,3)18-15(20)13-9-7-8-12(10-13)11-14(19)21-17(4,5)6/h7-10H,11H2,1-6H3,(H,18,20). The van der Waals surface area contributed by atoms with E-state index in [0.29, 0.717) is 5.56 Å². The van der Waals surface area contributed by atoms with Crippen molar-refractivity contribution in [3.05, 3.63) is 35.4 Å². The van der Waals surface area contributed by atoms with Crippen molar-refractivity contribution in [3.8, 4) is 0 Å². The number of nitrogens with one attached hydrogen (secondary N) is 1. The molecule has 21 heavy (non-hydrogen) atoms. The Bertz CT molecular complexity index is 522. The van der Waals surface area contributed by atoms with Gasteiger partial charge in [0.05, 0.1) is 6.42 Å². The maximum absolute atomic E-state index is 12.1. The van der Waals surface area contributed by atoms with Crippen LogP contribution < -0.4 is 5.32 Å². The molecule has 0 aromatic heterocycles. The van der Waals surface area contributed by atoms with E-state index in [1.165, 1.54) is 0 Å². The summed E-state index contributed by atoms with van der Waals surface area (Å²) < 4.78 is 5.28. The van der Waals surface area contributed by atoms with Gasteiger partial charge in [-0.3, -0.25) is 9.59 Å². The van der Waals surface area contributed by atoms with Crippen LogP contribution in [0.2, 0.25) is 0 Å². The molecule has 0 bridgehead atoms. The van der Waals surface area contributed by atoms with Gasteiger partial charge >= 0.3 is 5.97 Å². The van der Waals surface area contributed by atoms with Crippen molar-refractivity contribution in [1.82, 2.24) is 5.32 Å². The minimum atomic E-state index is -0.502. The molecule has 0 heterocycles. The Hall–Kier alpha value is -1.84. The predicted octanol–water partition coefficient (Wildman–Crippen LogP) is 3.10. The molecule has 0 aliphatic rings. The molecule has 1 aromatic carbocycles. The molecule has 0 spiro atoms. The number of ether oxygens (including phenoxy) is 1. The Morgan fingerprint density at radius 3 is 2.24 bits per heavy atom. The van der Waals surface area contributed by atoms with E-state index in [2.05, 4.69) is 5.32 Å². The Morgan fingerprint density at radius 2 is 1.71 bits per heavy atom. The van der Waals surface area contributed by atoms with E-state index in [9.17, 15) is 9.59 Å². The molecule has 0 saturated carbocycles. The summed E-state index contributed by atoms with van der Waals surface area (Å²) >= 11 is 0. The van der Waals surface area contributed by atoms with E-state index in [1.54, 1.807) is 18.2 Å². The first kappa shape index (κ1) is 17.2. The average Bonchev–Trinajstić information content (AvgIpc) is 2.24. The number of benzene rings is 1. The zero-order chi connectivity index (χ0) is 16.3. The van der Waals surface area contributed by atoms with Gasteiger partial charge in [0.1, 0.15) is 5.60 Å². The maximum Gasteiger partial charge on any atom is 0.310 e. The van der Waals surface area contributed by atoms with E-state index >= 15 is 0 Å². The van der Waals surface area contributed by atoms with Crippen molar-refractivity contribution in [2.75, 3.05) is 0 Å². The Morgan fingerprint density at radius 1 is 1.10 bits per heavy atom. The third-order valence-corrected chi connectivity index (χ3v) is 2.45. The van der Waals surface area contributed by atoms with Gasteiger partial charge in [-0.1, -0.05) is 12.1 Å². The molecule has 0 radical (unpaired) electrons. The largest absolute Gasteiger partial charge is 0.460 e. The van der Waals surface area contributed by atoms with Crippen LogP contribution in [0.5, 0.6) is 0 Å². The fourth-order valence-corrected chi connectivity index (χ4v) is 1.78. The highest BCUT2D eigenvalue weighted by atomic mass is 16.6.